The lowest BCUT2D eigenvalue weighted by Gasteiger charge is -2.17. The van der Waals surface area contributed by atoms with Gasteiger partial charge in [0.25, 0.3) is 11.8 Å². The minimum Gasteiger partial charge on any atom is -0.496 e. The first-order valence-corrected chi connectivity index (χ1v) is 10.5. The summed E-state index contributed by atoms with van der Waals surface area (Å²) in [5, 5.41) is 11.8. The number of nitrogens with zero attached hydrogens (tertiary/aromatic N) is 5. The monoisotopic (exact) mass is 436 g/mol. The first-order chi connectivity index (χ1) is 15.1. The SMILES string of the molecule is COc1ccccc1C(=O)NCc1nnc(SCC2=NC(=O)C3C=CC=CC3=N2)n1C. The number of para-hydroxylation sites is 1. The summed E-state index contributed by atoms with van der Waals surface area (Å²) < 4.78 is 7.01. The molecule has 0 saturated carbocycles. The molecule has 1 aromatic heterocycles. The average Bonchev–Trinajstić information content (AvgIpc) is 3.15. The molecule has 2 amide bonds. The number of fused-ring (bicyclic) bond motifs is 1. The van der Waals surface area contributed by atoms with E-state index in [0.717, 1.165) is 0 Å². The molecule has 0 bridgehead atoms. The van der Waals surface area contributed by atoms with Gasteiger partial charge in [0.15, 0.2) is 11.0 Å². The minimum absolute atomic E-state index is 0.209. The molecule has 0 fully saturated rings. The number of carbonyl (C=O) groups is 2. The van der Waals surface area contributed by atoms with Gasteiger partial charge in [-0.1, -0.05) is 42.1 Å². The van der Waals surface area contributed by atoms with Crippen molar-refractivity contribution in [1.29, 1.82) is 0 Å². The second-order valence-corrected chi connectivity index (χ2v) is 7.70. The van der Waals surface area contributed by atoms with E-state index in [-0.39, 0.29) is 24.3 Å². The van der Waals surface area contributed by atoms with Crippen LogP contribution in [0.2, 0.25) is 0 Å². The minimum atomic E-state index is -0.382. The Hall–Kier alpha value is -3.53. The van der Waals surface area contributed by atoms with Crippen LogP contribution < -0.4 is 10.1 Å². The van der Waals surface area contributed by atoms with Crippen LogP contribution >= 0.6 is 11.8 Å². The van der Waals surface area contributed by atoms with E-state index in [2.05, 4.69) is 25.5 Å². The maximum Gasteiger partial charge on any atom is 0.260 e. The number of hydrogen-bond donors (Lipinski definition) is 1. The molecular formula is C21H20N6O3S. The van der Waals surface area contributed by atoms with Crippen molar-refractivity contribution in [2.45, 2.75) is 11.7 Å². The van der Waals surface area contributed by atoms with Gasteiger partial charge in [0.2, 0.25) is 0 Å². The van der Waals surface area contributed by atoms with Crippen LogP contribution in [0.3, 0.4) is 0 Å². The van der Waals surface area contributed by atoms with Crippen molar-refractivity contribution < 1.29 is 14.3 Å². The van der Waals surface area contributed by atoms with Crippen molar-refractivity contribution in [2.24, 2.45) is 23.0 Å². The number of methoxy groups -OCH3 is 1. The van der Waals surface area contributed by atoms with Crippen molar-refractivity contribution in [3.8, 4) is 5.75 Å². The molecule has 1 aromatic carbocycles. The third-order valence-electron chi connectivity index (χ3n) is 4.78. The van der Waals surface area contributed by atoms with Crippen molar-refractivity contribution in [1.82, 2.24) is 20.1 Å². The average molecular weight is 436 g/mol. The number of aromatic nitrogens is 3. The third-order valence-corrected chi connectivity index (χ3v) is 5.79. The second-order valence-electron chi connectivity index (χ2n) is 6.75. The van der Waals surface area contributed by atoms with E-state index in [0.29, 0.717) is 39.6 Å². The molecule has 0 radical (unpaired) electrons. The van der Waals surface area contributed by atoms with Crippen LogP contribution in [0.1, 0.15) is 16.2 Å². The standard InChI is InChI=1S/C21H20N6O3S/c1-27-18(11-22-19(28)14-8-4-6-10-16(14)30-2)25-26-21(27)31-12-17-23-15-9-5-3-7-13(15)20(29)24-17/h3-10,13H,11-12H2,1-2H3,(H,22,28). The molecule has 2 aliphatic rings. The zero-order valence-corrected chi connectivity index (χ0v) is 17.8. The van der Waals surface area contributed by atoms with E-state index in [1.54, 1.807) is 34.9 Å². The Kier molecular flexibility index (Phi) is 6.08. The van der Waals surface area contributed by atoms with Crippen LogP contribution in [-0.4, -0.2) is 51.0 Å². The first-order valence-electron chi connectivity index (χ1n) is 9.54. The smallest absolute Gasteiger partial charge is 0.260 e. The van der Waals surface area contributed by atoms with E-state index < -0.39 is 0 Å². The second kappa shape index (κ2) is 9.09. The molecule has 1 atom stereocenters. The zero-order valence-electron chi connectivity index (χ0n) is 17.0. The lowest BCUT2D eigenvalue weighted by molar-refractivity contribution is -0.118. The Morgan fingerprint density at radius 3 is 2.90 bits per heavy atom. The lowest BCUT2D eigenvalue weighted by Crippen LogP contribution is -2.27. The number of rotatable bonds is 7. The Bertz CT molecular complexity index is 1150. The number of nitrogens with one attached hydrogen (secondary N) is 1. The van der Waals surface area contributed by atoms with E-state index in [9.17, 15) is 9.59 Å². The molecule has 1 aliphatic carbocycles. The Morgan fingerprint density at radius 1 is 1.23 bits per heavy atom. The quantitative estimate of drug-likeness (QED) is 0.665. The van der Waals surface area contributed by atoms with E-state index in [1.165, 1.54) is 18.9 Å². The predicted molar refractivity (Wildman–Crippen MR) is 118 cm³/mol. The highest BCUT2D eigenvalue weighted by atomic mass is 32.2. The molecule has 2 heterocycles. The van der Waals surface area contributed by atoms with Gasteiger partial charge in [0.1, 0.15) is 17.5 Å². The summed E-state index contributed by atoms with van der Waals surface area (Å²) in [6.45, 7) is 0.210. The van der Waals surface area contributed by atoms with Gasteiger partial charge < -0.3 is 14.6 Å². The van der Waals surface area contributed by atoms with Crippen LogP contribution in [0, 0.1) is 5.92 Å². The summed E-state index contributed by atoms with van der Waals surface area (Å²) in [5.74, 6) is 1.09. The Labute approximate surface area is 183 Å². The van der Waals surface area contributed by atoms with Crippen molar-refractivity contribution >= 4 is 35.1 Å². The maximum atomic E-state index is 12.5. The fourth-order valence-corrected chi connectivity index (χ4v) is 3.91. The number of amides is 2. The molecule has 1 aliphatic heterocycles. The molecule has 10 heteroatoms. The van der Waals surface area contributed by atoms with Crippen LogP contribution in [0.4, 0.5) is 0 Å². The summed E-state index contributed by atoms with van der Waals surface area (Å²) in [7, 11) is 3.34. The number of amidine groups is 1. The van der Waals surface area contributed by atoms with Crippen LogP contribution in [0.25, 0.3) is 0 Å². The van der Waals surface area contributed by atoms with Crippen molar-refractivity contribution in [2.75, 3.05) is 12.9 Å². The molecule has 31 heavy (non-hydrogen) atoms. The lowest BCUT2D eigenvalue weighted by atomic mass is 9.97. The Balaban J connectivity index is 1.37. The molecule has 0 spiro atoms. The highest BCUT2D eigenvalue weighted by Crippen LogP contribution is 2.21. The molecular weight excluding hydrogens is 416 g/mol. The summed E-state index contributed by atoms with van der Waals surface area (Å²) in [5.41, 5.74) is 1.15. The fraction of sp³-hybridized carbons (Fsp3) is 0.238. The zero-order chi connectivity index (χ0) is 21.8. The van der Waals surface area contributed by atoms with Gasteiger partial charge in [-0.05, 0) is 18.2 Å². The van der Waals surface area contributed by atoms with E-state index in [4.69, 9.17) is 4.74 Å². The molecule has 4 rings (SSSR count). The molecule has 1 unspecified atom stereocenters. The van der Waals surface area contributed by atoms with Crippen molar-refractivity contribution in [3.05, 3.63) is 60.0 Å². The topological polar surface area (TPSA) is 111 Å². The van der Waals surface area contributed by atoms with Gasteiger partial charge >= 0.3 is 0 Å². The summed E-state index contributed by atoms with van der Waals surface area (Å²) in [4.78, 5) is 33.2. The van der Waals surface area contributed by atoms with Gasteiger partial charge in [0, 0.05) is 7.05 Å². The predicted octanol–water partition coefficient (Wildman–Crippen LogP) is 1.97. The first kappa shape index (κ1) is 20.7. The Morgan fingerprint density at radius 2 is 2.06 bits per heavy atom. The highest BCUT2D eigenvalue weighted by molar-refractivity contribution is 7.99. The van der Waals surface area contributed by atoms with Crippen LogP contribution in [0.15, 0.2) is 63.7 Å². The number of aliphatic imine (C=N–C) groups is 2. The molecule has 2 aromatic rings. The molecule has 158 valence electrons. The normalized spacial score (nSPS) is 17.1. The number of hydrogen-bond acceptors (Lipinski definition) is 7. The summed E-state index contributed by atoms with van der Waals surface area (Å²) in [6.07, 6.45) is 7.30. The number of allylic oxidation sites excluding steroid dienone is 3. The fourth-order valence-electron chi connectivity index (χ4n) is 3.12. The molecule has 1 N–H and O–H groups in total. The largest absolute Gasteiger partial charge is 0.496 e. The molecule has 9 nitrogen and oxygen atoms in total. The van der Waals surface area contributed by atoms with Gasteiger partial charge in [0.05, 0.1) is 30.7 Å². The van der Waals surface area contributed by atoms with Gasteiger partial charge in [-0.15, -0.1) is 10.2 Å². The number of carbonyl (C=O) groups excluding carboxylic acids is 2. The summed E-state index contributed by atoms with van der Waals surface area (Å²) in [6, 6.07) is 7.01. The summed E-state index contributed by atoms with van der Waals surface area (Å²) >= 11 is 1.38. The highest BCUT2D eigenvalue weighted by Gasteiger charge is 2.26. The van der Waals surface area contributed by atoms with Gasteiger partial charge in [-0.25, -0.2) is 4.99 Å². The number of ether oxygens (including phenoxy) is 1. The van der Waals surface area contributed by atoms with Crippen LogP contribution in [0.5, 0.6) is 5.75 Å². The van der Waals surface area contributed by atoms with Crippen molar-refractivity contribution in [3.63, 3.8) is 0 Å². The van der Waals surface area contributed by atoms with Crippen LogP contribution in [-0.2, 0) is 18.4 Å². The van der Waals surface area contributed by atoms with E-state index >= 15 is 0 Å². The number of thioether (sulfide) groups is 1. The third kappa shape index (κ3) is 4.48. The van der Waals surface area contributed by atoms with Gasteiger partial charge in [-0.2, -0.15) is 4.99 Å². The molecule has 0 saturated heterocycles. The maximum absolute atomic E-state index is 12.5. The van der Waals surface area contributed by atoms with E-state index in [1.807, 2.05) is 25.3 Å². The van der Waals surface area contributed by atoms with Gasteiger partial charge in [-0.3, -0.25) is 9.59 Å². The number of benzene rings is 1.